The van der Waals surface area contributed by atoms with Crippen molar-refractivity contribution >= 4 is 49.0 Å². The van der Waals surface area contributed by atoms with Crippen LogP contribution in [0.1, 0.15) is 0 Å². The third-order valence-corrected chi connectivity index (χ3v) is 5.78. The first-order chi connectivity index (χ1) is 12.5. The molecule has 26 heavy (non-hydrogen) atoms. The molecule has 0 spiro atoms. The number of nitrogens with zero attached hydrogens (tertiary/aromatic N) is 5. The molecule has 0 aliphatic heterocycles. The minimum atomic E-state index is -3.67. The van der Waals surface area contributed by atoms with E-state index in [2.05, 4.69) is 30.1 Å². The van der Waals surface area contributed by atoms with Gasteiger partial charge in [0.2, 0.25) is 0 Å². The van der Waals surface area contributed by atoms with E-state index in [-0.39, 0.29) is 4.90 Å². The molecule has 2 N–H and O–H groups in total. The molecule has 11 heteroatoms. The number of aryl methyl sites for hydroxylation is 1. The van der Waals surface area contributed by atoms with Gasteiger partial charge in [0, 0.05) is 24.3 Å². The first-order valence-corrected chi connectivity index (χ1v) is 9.81. The summed E-state index contributed by atoms with van der Waals surface area (Å²) in [6.07, 6.45) is 4.66. The first kappa shape index (κ1) is 16.4. The summed E-state index contributed by atoms with van der Waals surface area (Å²) < 4.78 is 28.8. The van der Waals surface area contributed by atoms with Crippen LogP contribution in [0.25, 0.3) is 11.0 Å². The van der Waals surface area contributed by atoms with E-state index in [1.165, 1.54) is 36.0 Å². The molecule has 0 atom stereocenters. The molecule has 3 aromatic heterocycles. The van der Waals surface area contributed by atoms with Crippen LogP contribution in [0.4, 0.5) is 16.6 Å². The molecule has 0 saturated heterocycles. The largest absolute Gasteiger partial charge is 0.340 e. The highest BCUT2D eigenvalue weighted by atomic mass is 32.2. The highest BCUT2D eigenvalue weighted by Crippen LogP contribution is 2.24. The number of hydrogen-bond donors (Lipinski definition) is 2. The maximum Gasteiger partial charge on any atom is 0.263 e. The summed E-state index contributed by atoms with van der Waals surface area (Å²) in [4.78, 5) is 12.5. The molecule has 4 rings (SSSR count). The molecule has 3 heterocycles. The summed E-state index contributed by atoms with van der Waals surface area (Å²) in [5.41, 5.74) is 1.40. The fraction of sp³-hybridized carbons (Fsp3) is 0.0667. The van der Waals surface area contributed by atoms with E-state index in [1.807, 2.05) is 0 Å². The van der Waals surface area contributed by atoms with Gasteiger partial charge < -0.3 is 5.32 Å². The Kier molecular flexibility index (Phi) is 4.01. The van der Waals surface area contributed by atoms with Crippen molar-refractivity contribution in [3.63, 3.8) is 0 Å². The molecule has 0 aliphatic carbocycles. The Hall–Kier alpha value is -3.05. The van der Waals surface area contributed by atoms with Gasteiger partial charge in [-0.05, 0) is 24.3 Å². The molecular formula is C15H13N7O2S2. The van der Waals surface area contributed by atoms with E-state index in [4.69, 9.17) is 0 Å². The molecular weight excluding hydrogens is 374 g/mol. The van der Waals surface area contributed by atoms with Crippen LogP contribution >= 0.6 is 11.3 Å². The standard InChI is InChI=1S/C15H13N7O2S2/c1-22-14-12(8-19-22)13(17-9-18-14)20-10-2-4-11(5-3-10)26(23,24)21-15-16-6-7-25-15/h2-9H,1H3,(H,16,21)(H,17,18,20). The van der Waals surface area contributed by atoms with Crippen molar-refractivity contribution in [1.82, 2.24) is 24.7 Å². The van der Waals surface area contributed by atoms with E-state index in [1.54, 1.807) is 35.4 Å². The molecule has 0 aliphatic rings. The van der Waals surface area contributed by atoms with Crippen LogP contribution in [0.2, 0.25) is 0 Å². The van der Waals surface area contributed by atoms with Crippen molar-refractivity contribution in [3.8, 4) is 0 Å². The third-order valence-electron chi connectivity index (χ3n) is 3.61. The average molecular weight is 387 g/mol. The highest BCUT2D eigenvalue weighted by molar-refractivity contribution is 7.93. The number of sulfonamides is 1. The predicted molar refractivity (Wildman–Crippen MR) is 99.0 cm³/mol. The van der Waals surface area contributed by atoms with Gasteiger partial charge >= 0.3 is 0 Å². The van der Waals surface area contributed by atoms with E-state index < -0.39 is 10.0 Å². The second kappa shape index (κ2) is 6.35. The van der Waals surface area contributed by atoms with Crippen LogP contribution in [0.3, 0.4) is 0 Å². The second-order valence-electron chi connectivity index (χ2n) is 5.32. The summed E-state index contributed by atoms with van der Waals surface area (Å²) in [7, 11) is -1.87. The Morgan fingerprint density at radius 3 is 2.65 bits per heavy atom. The van der Waals surface area contributed by atoms with Crippen LogP contribution < -0.4 is 10.0 Å². The van der Waals surface area contributed by atoms with Crippen LogP contribution in [0, 0.1) is 0 Å². The number of hydrogen-bond acceptors (Lipinski definition) is 8. The van der Waals surface area contributed by atoms with Gasteiger partial charge in [-0.3, -0.25) is 9.40 Å². The second-order valence-corrected chi connectivity index (χ2v) is 7.90. The fourth-order valence-electron chi connectivity index (χ4n) is 2.36. The van der Waals surface area contributed by atoms with Gasteiger partial charge in [-0.25, -0.2) is 23.4 Å². The van der Waals surface area contributed by atoms with E-state index in [0.29, 0.717) is 22.3 Å². The van der Waals surface area contributed by atoms with Gasteiger partial charge in [-0.15, -0.1) is 11.3 Å². The Bertz CT molecular complexity index is 1150. The Balaban J connectivity index is 1.58. The lowest BCUT2D eigenvalue weighted by atomic mass is 10.3. The molecule has 9 nitrogen and oxygen atoms in total. The van der Waals surface area contributed by atoms with Crippen LogP contribution in [-0.4, -0.2) is 33.2 Å². The molecule has 132 valence electrons. The number of anilines is 3. The highest BCUT2D eigenvalue weighted by Gasteiger charge is 2.15. The molecule has 0 amide bonds. The van der Waals surface area contributed by atoms with Crippen molar-refractivity contribution in [2.45, 2.75) is 4.90 Å². The quantitative estimate of drug-likeness (QED) is 0.540. The number of benzene rings is 1. The topological polar surface area (TPSA) is 115 Å². The molecule has 0 radical (unpaired) electrons. The lowest BCUT2D eigenvalue weighted by Gasteiger charge is -2.08. The molecule has 0 saturated carbocycles. The summed E-state index contributed by atoms with van der Waals surface area (Å²) in [5, 5.41) is 10.1. The van der Waals surface area contributed by atoms with Crippen LogP contribution in [-0.2, 0) is 17.1 Å². The number of fused-ring (bicyclic) bond motifs is 1. The molecule has 0 bridgehead atoms. The van der Waals surface area contributed by atoms with Gasteiger partial charge in [-0.2, -0.15) is 5.10 Å². The molecule has 0 fully saturated rings. The van der Waals surface area contributed by atoms with Crippen LogP contribution in [0.5, 0.6) is 0 Å². The van der Waals surface area contributed by atoms with Crippen molar-refractivity contribution in [3.05, 3.63) is 48.4 Å². The zero-order valence-electron chi connectivity index (χ0n) is 13.5. The molecule has 4 aromatic rings. The number of aromatic nitrogens is 5. The number of nitrogens with one attached hydrogen (secondary N) is 2. The maximum atomic E-state index is 12.4. The number of rotatable bonds is 5. The van der Waals surface area contributed by atoms with Gasteiger partial charge in [0.15, 0.2) is 10.8 Å². The van der Waals surface area contributed by atoms with Gasteiger partial charge in [0.25, 0.3) is 10.0 Å². The minimum Gasteiger partial charge on any atom is -0.340 e. The Morgan fingerprint density at radius 2 is 1.92 bits per heavy atom. The monoisotopic (exact) mass is 387 g/mol. The summed E-state index contributed by atoms with van der Waals surface area (Å²) in [6.45, 7) is 0. The predicted octanol–water partition coefficient (Wildman–Crippen LogP) is 2.36. The van der Waals surface area contributed by atoms with E-state index in [9.17, 15) is 8.42 Å². The smallest absolute Gasteiger partial charge is 0.263 e. The van der Waals surface area contributed by atoms with Crippen LogP contribution in [0.15, 0.2) is 53.3 Å². The average Bonchev–Trinajstić information content (AvgIpc) is 3.26. The SMILES string of the molecule is Cn1ncc2c(Nc3ccc(S(=O)(=O)Nc4nccs4)cc3)ncnc21. The summed E-state index contributed by atoms with van der Waals surface area (Å²) in [5.74, 6) is 0.597. The lowest BCUT2D eigenvalue weighted by molar-refractivity contribution is 0.601. The van der Waals surface area contributed by atoms with Crippen molar-refractivity contribution in [2.75, 3.05) is 10.0 Å². The maximum absolute atomic E-state index is 12.4. The van der Waals surface area contributed by atoms with Gasteiger partial charge in [0.1, 0.15) is 12.1 Å². The van der Waals surface area contributed by atoms with Crippen molar-refractivity contribution in [1.29, 1.82) is 0 Å². The zero-order chi connectivity index (χ0) is 18.1. The van der Waals surface area contributed by atoms with E-state index in [0.717, 1.165) is 5.39 Å². The van der Waals surface area contributed by atoms with Crippen molar-refractivity contribution in [2.24, 2.45) is 7.05 Å². The van der Waals surface area contributed by atoms with Gasteiger partial charge in [0.05, 0.1) is 16.5 Å². The van der Waals surface area contributed by atoms with Gasteiger partial charge in [-0.1, -0.05) is 0 Å². The zero-order valence-corrected chi connectivity index (χ0v) is 15.1. The molecule has 0 unspecified atom stereocenters. The number of thiazole rings is 1. The molecule has 1 aromatic carbocycles. The summed E-state index contributed by atoms with van der Waals surface area (Å²) >= 11 is 1.22. The van der Waals surface area contributed by atoms with E-state index >= 15 is 0 Å². The Morgan fingerprint density at radius 1 is 1.12 bits per heavy atom. The third kappa shape index (κ3) is 3.09. The minimum absolute atomic E-state index is 0.146. The normalized spacial score (nSPS) is 11.6. The lowest BCUT2D eigenvalue weighted by Crippen LogP contribution is -2.12. The van der Waals surface area contributed by atoms with Crippen molar-refractivity contribution < 1.29 is 8.42 Å². The first-order valence-electron chi connectivity index (χ1n) is 7.45. The fourth-order valence-corrected chi connectivity index (χ4v) is 4.15. The summed E-state index contributed by atoms with van der Waals surface area (Å²) in [6, 6.07) is 6.36. The Labute approximate surface area is 152 Å².